The zero-order valence-corrected chi connectivity index (χ0v) is 15.7. The lowest BCUT2D eigenvalue weighted by molar-refractivity contribution is 0.0595. The van der Waals surface area contributed by atoms with Crippen LogP contribution in [0.25, 0.3) is 0 Å². The van der Waals surface area contributed by atoms with Gasteiger partial charge in [-0.2, -0.15) is 0 Å². The Hall–Kier alpha value is -2.38. The maximum atomic E-state index is 13.8. The smallest absolute Gasteiger partial charge is 0.340 e. The van der Waals surface area contributed by atoms with E-state index in [-0.39, 0.29) is 17.6 Å². The molecule has 5 nitrogen and oxygen atoms in total. The fourth-order valence-electron chi connectivity index (χ4n) is 2.81. The Balaban J connectivity index is 1.73. The van der Waals surface area contributed by atoms with Crippen molar-refractivity contribution in [1.82, 2.24) is 0 Å². The molecule has 0 bridgehead atoms. The number of rotatable bonds is 6. The Labute approximate surface area is 161 Å². The number of ether oxygens (including phenoxy) is 2. The topological polar surface area (TPSA) is 64.6 Å². The molecule has 27 heavy (non-hydrogen) atoms. The van der Waals surface area contributed by atoms with E-state index < -0.39 is 11.8 Å². The molecule has 0 aliphatic carbocycles. The van der Waals surface area contributed by atoms with Crippen LogP contribution in [0.3, 0.4) is 0 Å². The molecule has 1 heterocycles. The molecule has 1 atom stereocenters. The summed E-state index contributed by atoms with van der Waals surface area (Å²) in [6.45, 7) is 0.792. The number of hydrogen-bond donors (Lipinski definition) is 1. The molecule has 2 aromatic rings. The van der Waals surface area contributed by atoms with Gasteiger partial charge in [0.15, 0.2) is 0 Å². The predicted molar refractivity (Wildman–Crippen MR) is 102 cm³/mol. The number of benzene rings is 2. The van der Waals surface area contributed by atoms with Crippen molar-refractivity contribution in [3.8, 4) is 0 Å². The van der Waals surface area contributed by atoms with E-state index in [0.717, 1.165) is 36.2 Å². The van der Waals surface area contributed by atoms with Gasteiger partial charge in [-0.25, -0.2) is 9.18 Å². The lowest BCUT2D eigenvalue weighted by Gasteiger charge is -2.13. The van der Waals surface area contributed by atoms with Gasteiger partial charge < -0.3 is 14.8 Å². The molecule has 1 fully saturated rings. The van der Waals surface area contributed by atoms with Gasteiger partial charge in [-0.3, -0.25) is 4.79 Å². The number of esters is 1. The molecule has 1 aliphatic rings. The molecule has 0 spiro atoms. The van der Waals surface area contributed by atoms with Gasteiger partial charge in [0.2, 0.25) is 0 Å². The highest BCUT2D eigenvalue weighted by Crippen LogP contribution is 2.27. The van der Waals surface area contributed by atoms with E-state index in [1.165, 1.54) is 19.2 Å². The number of methoxy groups -OCH3 is 1. The molecule has 0 radical (unpaired) electrons. The third kappa shape index (κ3) is 4.87. The molecule has 3 rings (SSSR count). The van der Waals surface area contributed by atoms with Crippen molar-refractivity contribution in [3.63, 3.8) is 0 Å². The molecule has 0 saturated carbocycles. The van der Waals surface area contributed by atoms with E-state index in [0.29, 0.717) is 11.3 Å². The van der Waals surface area contributed by atoms with E-state index in [1.807, 2.05) is 12.1 Å². The molecular formula is C20H20FNO4S. The number of carbonyl (C=O) groups excluding carboxylic acids is 2. The SMILES string of the molecule is COC(=O)c1cc(NC(=O)c2ccccc2SCC2CCCO2)ccc1F. The summed E-state index contributed by atoms with van der Waals surface area (Å²) >= 11 is 1.58. The summed E-state index contributed by atoms with van der Waals surface area (Å²) in [5.41, 5.74) is 0.613. The van der Waals surface area contributed by atoms with E-state index in [9.17, 15) is 14.0 Å². The summed E-state index contributed by atoms with van der Waals surface area (Å²) in [6.07, 6.45) is 2.32. The molecule has 1 N–H and O–H groups in total. The summed E-state index contributed by atoms with van der Waals surface area (Å²) < 4.78 is 23.9. The standard InChI is InChI=1S/C20H20FNO4S/c1-25-20(24)16-11-13(8-9-17(16)21)22-19(23)15-6-2-3-7-18(15)27-12-14-5-4-10-26-14/h2-3,6-9,11,14H,4-5,10,12H2,1H3,(H,22,23). The van der Waals surface area contributed by atoms with Gasteiger partial charge in [0.1, 0.15) is 5.82 Å². The second kappa shape index (κ2) is 9.01. The average molecular weight is 389 g/mol. The lowest BCUT2D eigenvalue weighted by Crippen LogP contribution is -2.15. The minimum Gasteiger partial charge on any atom is -0.465 e. The average Bonchev–Trinajstić information content (AvgIpc) is 3.21. The van der Waals surface area contributed by atoms with Gasteiger partial charge in [-0.05, 0) is 43.2 Å². The van der Waals surface area contributed by atoms with Crippen molar-refractivity contribution < 1.29 is 23.5 Å². The number of nitrogens with one attached hydrogen (secondary N) is 1. The van der Waals surface area contributed by atoms with Crippen molar-refractivity contribution in [2.75, 3.05) is 24.8 Å². The minimum atomic E-state index is -0.795. The third-order valence-electron chi connectivity index (χ3n) is 4.21. The fourth-order valence-corrected chi connectivity index (χ4v) is 3.93. The number of anilines is 1. The van der Waals surface area contributed by atoms with E-state index >= 15 is 0 Å². The molecular weight excluding hydrogens is 369 g/mol. The van der Waals surface area contributed by atoms with E-state index in [1.54, 1.807) is 23.9 Å². The lowest BCUT2D eigenvalue weighted by atomic mass is 10.1. The zero-order chi connectivity index (χ0) is 19.2. The van der Waals surface area contributed by atoms with Gasteiger partial charge in [0, 0.05) is 22.9 Å². The first-order valence-electron chi connectivity index (χ1n) is 8.61. The van der Waals surface area contributed by atoms with Gasteiger partial charge in [-0.1, -0.05) is 12.1 Å². The Morgan fingerprint density at radius 2 is 2.07 bits per heavy atom. The van der Waals surface area contributed by atoms with Crippen LogP contribution in [0.1, 0.15) is 33.6 Å². The highest BCUT2D eigenvalue weighted by atomic mass is 32.2. The van der Waals surface area contributed by atoms with Crippen LogP contribution in [0, 0.1) is 5.82 Å². The van der Waals surface area contributed by atoms with Crippen molar-refractivity contribution in [3.05, 3.63) is 59.4 Å². The fraction of sp³-hybridized carbons (Fsp3) is 0.300. The Morgan fingerprint density at radius 3 is 2.81 bits per heavy atom. The summed E-state index contributed by atoms with van der Waals surface area (Å²) in [7, 11) is 1.18. The quantitative estimate of drug-likeness (QED) is 0.594. The maximum Gasteiger partial charge on any atom is 0.340 e. The predicted octanol–water partition coefficient (Wildman–Crippen LogP) is 4.14. The normalized spacial score (nSPS) is 16.1. The van der Waals surface area contributed by atoms with Gasteiger partial charge in [0.05, 0.1) is 24.3 Å². The first kappa shape index (κ1) is 19.4. The zero-order valence-electron chi connectivity index (χ0n) is 14.9. The van der Waals surface area contributed by atoms with Crippen molar-refractivity contribution in [2.24, 2.45) is 0 Å². The van der Waals surface area contributed by atoms with Crippen LogP contribution in [-0.4, -0.2) is 37.4 Å². The summed E-state index contributed by atoms with van der Waals surface area (Å²) in [5.74, 6) is -1.04. The molecule has 7 heteroatoms. The Bertz CT molecular complexity index is 836. The monoisotopic (exact) mass is 389 g/mol. The molecule has 1 unspecified atom stereocenters. The number of halogens is 1. The number of amides is 1. The highest BCUT2D eigenvalue weighted by Gasteiger charge is 2.19. The van der Waals surface area contributed by atoms with Crippen LogP contribution < -0.4 is 5.32 Å². The molecule has 2 aromatic carbocycles. The second-order valence-electron chi connectivity index (χ2n) is 6.08. The summed E-state index contributed by atoms with van der Waals surface area (Å²) in [5, 5.41) is 2.72. The van der Waals surface area contributed by atoms with Crippen LogP contribution >= 0.6 is 11.8 Å². The molecule has 142 valence electrons. The van der Waals surface area contributed by atoms with Gasteiger partial charge in [0.25, 0.3) is 5.91 Å². The van der Waals surface area contributed by atoms with Crippen molar-refractivity contribution >= 4 is 29.3 Å². The third-order valence-corrected chi connectivity index (χ3v) is 5.42. The maximum absolute atomic E-state index is 13.8. The Kier molecular flexibility index (Phi) is 6.47. The first-order valence-corrected chi connectivity index (χ1v) is 9.59. The number of hydrogen-bond acceptors (Lipinski definition) is 5. The molecule has 1 saturated heterocycles. The largest absolute Gasteiger partial charge is 0.465 e. The van der Waals surface area contributed by atoms with E-state index in [4.69, 9.17) is 4.74 Å². The summed E-state index contributed by atoms with van der Waals surface area (Å²) in [4.78, 5) is 25.2. The van der Waals surface area contributed by atoms with Crippen LogP contribution in [0.2, 0.25) is 0 Å². The molecule has 1 amide bonds. The van der Waals surface area contributed by atoms with E-state index in [2.05, 4.69) is 10.1 Å². The van der Waals surface area contributed by atoms with Gasteiger partial charge >= 0.3 is 5.97 Å². The summed E-state index contributed by atoms with van der Waals surface area (Å²) in [6, 6.07) is 11.1. The second-order valence-corrected chi connectivity index (χ2v) is 7.14. The number of thioether (sulfide) groups is 1. The van der Waals surface area contributed by atoms with Crippen molar-refractivity contribution in [2.45, 2.75) is 23.8 Å². The van der Waals surface area contributed by atoms with Crippen LogP contribution in [0.4, 0.5) is 10.1 Å². The highest BCUT2D eigenvalue weighted by molar-refractivity contribution is 7.99. The van der Waals surface area contributed by atoms with Crippen LogP contribution in [-0.2, 0) is 9.47 Å². The minimum absolute atomic E-state index is 0.214. The van der Waals surface area contributed by atoms with Crippen LogP contribution in [0.5, 0.6) is 0 Å². The van der Waals surface area contributed by atoms with Crippen molar-refractivity contribution in [1.29, 1.82) is 0 Å². The van der Waals surface area contributed by atoms with Gasteiger partial charge in [-0.15, -0.1) is 11.8 Å². The number of carbonyl (C=O) groups is 2. The Morgan fingerprint density at radius 1 is 1.26 bits per heavy atom. The first-order chi connectivity index (χ1) is 13.1. The molecule has 1 aliphatic heterocycles. The van der Waals surface area contributed by atoms with Crippen LogP contribution in [0.15, 0.2) is 47.4 Å². The molecule has 0 aromatic heterocycles.